The van der Waals surface area contributed by atoms with Gasteiger partial charge in [-0.15, -0.1) is 0 Å². The number of piperidine rings is 1. The van der Waals surface area contributed by atoms with Gasteiger partial charge in [0.05, 0.1) is 29.8 Å². The van der Waals surface area contributed by atoms with Gasteiger partial charge >= 0.3 is 0 Å². The third-order valence-electron chi connectivity index (χ3n) is 5.59. The van der Waals surface area contributed by atoms with Crippen molar-refractivity contribution in [3.05, 3.63) is 64.3 Å². The van der Waals surface area contributed by atoms with E-state index in [0.29, 0.717) is 41.7 Å². The van der Waals surface area contributed by atoms with Crippen molar-refractivity contribution in [3.63, 3.8) is 0 Å². The maximum atomic E-state index is 11.9. The Labute approximate surface area is 192 Å². The largest absolute Gasteiger partial charge is 0.494 e. The number of hydrogen-bond acceptors (Lipinski definition) is 4. The van der Waals surface area contributed by atoms with Crippen LogP contribution in [0.3, 0.4) is 0 Å². The van der Waals surface area contributed by atoms with E-state index in [9.17, 15) is 8.42 Å². The molecule has 6 nitrogen and oxygen atoms in total. The first-order valence-corrected chi connectivity index (χ1v) is 12.5. The molecule has 0 spiro atoms. The van der Waals surface area contributed by atoms with E-state index in [2.05, 4.69) is 0 Å². The molecule has 3 aromatic rings. The molecular formula is C22H23Cl2N3O3S. The molecule has 1 aliphatic heterocycles. The Morgan fingerprint density at radius 1 is 1.06 bits per heavy atom. The van der Waals surface area contributed by atoms with E-state index in [1.54, 1.807) is 19.2 Å². The monoisotopic (exact) mass is 479 g/mol. The lowest BCUT2D eigenvalue weighted by Crippen LogP contribution is -2.37. The number of methoxy groups -OCH3 is 1. The van der Waals surface area contributed by atoms with Gasteiger partial charge in [-0.05, 0) is 49.2 Å². The van der Waals surface area contributed by atoms with Crippen LogP contribution >= 0.6 is 23.2 Å². The van der Waals surface area contributed by atoms with E-state index >= 15 is 0 Å². The zero-order valence-electron chi connectivity index (χ0n) is 17.3. The number of para-hydroxylation sites is 2. The molecule has 2 heterocycles. The Bertz CT molecular complexity index is 1200. The lowest BCUT2D eigenvalue weighted by Gasteiger charge is -2.29. The van der Waals surface area contributed by atoms with E-state index in [4.69, 9.17) is 33.0 Å². The molecule has 1 aromatic heterocycles. The fourth-order valence-corrected chi connectivity index (χ4v) is 5.34. The van der Waals surface area contributed by atoms with Crippen LogP contribution in [-0.2, 0) is 10.0 Å². The zero-order valence-corrected chi connectivity index (χ0v) is 19.6. The summed E-state index contributed by atoms with van der Waals surface area (Å²) in [4.78, 5) is 0. The SMILES string of the molecule is COc1ccccc1-n1nc(C2CCN(S(C)(=O)=O)CC2)cc1-c1ccc(Cl)cc1Cl. The van der Waals surface area contributed by atoms with Crippen LogP contribution in [0.5, 0.6) is 5.75 Å². The van der Waals surface area contributed by atoms with Gasteiger partial charge in [-0.1, -0.05) is 35.3 Å². The van der Waals surface area contributed by atoms with Crippen LogP contribution in [0.25, 0.3) is 16.9 Å². The quantitative estimate of drug-likeness (QED) is 0.516. The first kappa shape index (κ1) is 22.1. The third kappa shape index (κ3) is 4.60. The normalized spacial score (nSPS) is 15.9. The second-order valence-electron chi connectivity index (χ2n) is 7.60. The molecule has 0 atom stereocenters. The average Bonchev–Trinajstić information content (AvgIpc) is 3.18. The predicted octanol–water partition coefficient (Wildman–Crippen LogP) is 4.99. The van der Waals surface area contributed by atoms with Crippen molar-refractivity contribution in [2.75, 3.05) is 26.5 Å². The van der Waals surface area contributed by atoms with Gasteiger partial charge in [0.15, 0.2) is 0 Å². The number of ether oxygens (including phenoxy) is 1. The molecule has 0 saturated carbocycles. The van der Waals surface area contributed by atoms with Crippen molar-refractivity contribution >= 4 is 33.2 Å². The molecule has 0 N–H and O–H groups in total. The van der Waals surface area contributed by atoms with Gasteiger partial charge in [0, 0.05) is 29.6 Å². The maximum Gasteiger partial charge on any atom is 0.211 e. The van der Waals surface area contributed by atoms with E-state index < -0.39 is 10.0 Å². The number of nitrogens with zero attached hydrogens (tertiary/aromatic N) is 3. The standard InChI is InChI=1S/C22H23Cl2N3O3S/c1-30-22-6-4-3-5-20(22)27-21(17-8-7-16(23)13-18(17)24)14-19(25-27)15-9-11-26(12-10-15)31(2,28)29/h3-8,13-15H,9-12H2,1-2H3. The number of halogens is 2. The highest BCUT2D eigenvalue weighted by Gasteiger charge is 2.28. The summed E-state index contributed by atoms with van der Waals surface area (Å²) < 4.78 is 32.6. The lowest BCUT2D eigenvalue weighted by atomic mass is 9.94. The smallest absolute Gasteiger partial charge is 0.211 e. The topological polar surface area (TPSA) is 64.4 Å². The Balaban J connectivity index is 1.78. The van der Waals surface area contributed by atoms with Gasteiger partial charge in [-0.3, -0.25) is 0 Å². The fourth-order valence-electron chi connectivity index (χ4n) is 3.96. The van der Waals surface area contributed by atoms with Gasteiger partial charge in [0.2, 0.25) is 10.0 Å². The second kappa shape index (κ2) is 8.82. The van der Waals surface area contributed by atoms with Crippen molar-refractivity contribution in [1.82, 2.24) is 14.1 Å². The molecule has 1 aliphatic rings. The average molecular weight is 480 g/mol. The minimum Gasteiger partial charge on any atom is -0.494 e. The summed E-state index contributed by atoms with van der Waals surface area (Å²) in [5.74, 6) is 0.842. The van der Waals surface area contributed by atoms with Crippen LogP contribution in [0.1, 0.15) is 24.5 Å². The molecule has 4 rings (SSSR count). The Morgan fingerprint density at radius 2 is 1.77 bits per heavy atom. The molecule has 0 amide bonds. The highest BCUT2D eigenvalue weighted by molar-refractivity contribution is 7.88. The summed E-state index contributed by atoms with van der Waals surface area (Å²) >= 11 is 12.6. The molecule has 164 valence electrons. The van der Waals surface area contributed by atoms with Crippen molar-refractivity contribution < 1.29 is 13.2 Å². The van der Waals surface area contributed by atoms with Crippen molar-refractivity contribution in [2.45, 2.75) is 18.8 Å². The minimum atomic E-state index is -3.18. The van der Waals surface area contributed by atoms with E-state index in [-0.39, 0.29) is 5.92 Å². The highest BCUT2D eigenvalue weighted by atomic mass is 35.5. The van der Waals surface area contributed by atoms with Crippen LogP contribution in [-0.4, -0.2) is 49.0 Å². The number of hydrogen-bond donors (Lipinski definition) is 0. The first-order chi connectivity index (χ1) is 14.8. The van der Waals surface area contributed by atoms with Gasteiger partial charge in [0.1, 0.15) is 11.4 Å². The number of aromatic nitrogens is 2. The third-order valence-corrected chi connectivity index (χ3v) is 7.44. The van der Waals surface area contributed by atoms with Crippen LogP contribution in [0.4, 0.5) is 0 Å². The summed E-state index contributed by atoms with van der Waals surface area (Å²) in [7, 11) is -1.55. The van der Waals surface area contributed by atoms with E-state index in [1.165, 1.54) is 10.6 Å². The molecule has 0 bridgehead atoms. The van der Waals surface area contributed by atoms with Crippen LogP contribution < -0.4 is 4.74 Å². The highest BCUT2D eigenvalue weighted by Crippen LogP contribution is 2.37. The Hall–Kier alpha value is -2.06. The van der Waals surface area contributed by atoms with Gasteiger partial charge in [-0.2, -0.15) is 5.10 Å². The summed E-state index contributed by atoms with van der Waals surface area (Å²) in [6.45, 7) is 0.976. The van der Waals surface area contributed by atoms with Gasteiger partial charge in [0.25, 0.3) is 0 Å². The van der Waals surface area contributed by atoms with Crippen LogP contribution in [0.2, 0.25) is 10.0 Å². The van der Waals surface area contributed by atoms with Crippen LogP contribution in [0.15, 0.2) is 48.5 Å². The van der Waals surface area contributed by atoms with Gasteiger partial charge < -0.3 is 4.74 Å². The van der Waals surface area contributed by atoms with E-state index in [1.807, 2.05) is 41.1 Å². The second-order valence-corrected chi connectivity index (χ2v) is 10.4. The molecule has 0 aliphatic carbocycles. The molecule has 0 unspecified atom stereocenters. The van der Waals surface area contributed by atoms with Crippen molar-refractivity contribution in [1.29, 1.82) is 0 Å². The van der Waals surface area contributed by atoms with Crippen molar-refractivity contribution in [3.8, 4) is 22.7 Å². The molecule has 9 heteroatoms. The minimum absolute atomic E-state index is 0.152. The molecule has 2 aromatic carbocycles. The predicted molar refractivity (Wildman–Crippen MR) is 124 cm³/mol. The molecule has 1 saturated heterocycles. The summed E-state index contributed by atoms with van der Waals surface area (Å²) in [5, 5.41) is 6.01. The van der Waals surface area contributed by atoms with Gasteiger partial charge in [-0.25, -0.2) is 17.4 Å². The summed E-state index contributed by atoms with van der Waals surface area (Å²) in [6, 6.07) is 15.1. The molecular weight excluding hydrogens is 457 g/mol. The van der Waals surface area contributed by atoms with E-state index in [0.717, 1.165) is 22.6 Å². The molecule has 0 radical (unpaired) electrons. The Morgan fingerprint density at radius 3 is 2.42 bits per heavy atom. The van der Waals surface area contributed by atoms with Crippen molar-refractivity contribution in [2.24, 2.45) is 0 Å². The molecule has 1 fully saturated rings. The Kier molecular flexibility index (Phi) is 6.30. The number of rotatable bonds is 5. The summed E-state index contributed by atoms with van der Waals surface area (Å²) in [6.07, 6.45) is 2.68. The summed E-state index contributed by atoms with van der Waals surface area (Å²) in [5.41, 5.74) is 3.34. The lowest BCUT2D eigenvalue weighted by molar-refractivity contribution is 0.318. The molecule has 31 heavy (non-hydrogen) atoms. The van der Waals surface area contributed by atoms with Crippen LogP contribution in [0, 0.1) is 0 Å². The maximum absolute atomic E-state index is 11.9. The zero-order chi connectivity index (χ0) is 22.2. The number of benzene rings is 2. The number of sulfonamides is 1. The fraction of sp³-hybridized carbons (Fsp3) is 0.318. The first-order valence-electron chi connectivity index (χ1n) is 9.92.